The molecule has 2 N–H and O–H groups in total. The fraction of sp³-hybridized carbons (Fsp3) is 0.357. The molecular weight excluding hydrogens is 240 g/mol. The van der Waals surface area contributed by atoms with Crippen molar-refractivity contribution >= 4 is 12.2 Å². The quantitative estimate of drug-likeness (QED) is 0.627. The minimum absolute atomic E-state index is 0.477. The zero-order valence-corrected chi connectivity index (χ0v) is 11.2. The number of carbonyl (C=O) groups excluding carboxylic acids is 1. The molecule has 0 saturated carbocycles. The standard InChI is InChI=1S/C14H18N4O/c1-3-11-5-7-12(8-6-11)10-16-18-14(19)17-13(4-2)9-15/h5-8,10,13H,3-4H2,1-2H3,(H2,17,18,19). The third-order valence-corrected chi connectivity index (χ3v) is 2.64. The van der Waals surface area contributed by atoms with E-state index < -0.39 is 12.1 Å². The zero-order chi connectivity index (χ0) is 14.1. The molecule has 0 heterocycles. The van der Waals surface area contributed by atoms with Crippen molar-refractivity contribution in [1.29, 1.82) is 5.26 Å². The van der Waals surface area contributed by atoms with Crippen molar-refractivity contribution < 1.29 is 4.79 Å². The molecule has 0 fully saturated rings. The number of hydrogen-bond donors (Lipinski definition) is 2. The van der Waals surface area contributed by atoms with Gasteiger partial charge in [-0.05, 0) is 24.0 Å². The molecule has 1 rings (SSSR count). The van der Waals surface area contributed by atoms with E-state index in [0.29, 0.717) is 6.42 Å². The van der Waals surface area contributed by atoms with Gasteiger partial charge in [0.15, 0.2) is 0 Å². The van der Waals surface area contributed by atoms with Gasteiger partial charge in [0.25, 0.3) is 0 Å². The first-order valence-electron chi connectivity index (χ1n) is 6.27. The smallest absolute Gasteiger partial charge is 0.321 e. The Kier molecular flexibility index (Phi) is 6.10. The molecule has 2 amide bonds. The SMILES string of the molecule is CCc1ccc(C=NNC(=O)NC(C#N)CC)cc1. The lowest BCUT2D eigenvalue weighted by atomic mass is 10.1. The van der Waals surface area contributed by atoms with Gasteiger partial charge in [-0.25, -0.2) is 10.2 Å². The summed E-state index contributed by atoms with van der Waals surface area (Å²) in [4.78, 5) is 11.4. The monoisotopic (exact) mass is 258 g/mol. The van der Waals surface area contributed by atoms with E-state index in [1.54, 1.807) is 6.21 Å². The number of aryl methyl sites for hydroxylation is 1. The number of urea groups is 1. The first-order valence-corrected chi connectivity index (χ1v) is 6.27. The van der Waals surface area contributed by atoms with Crippen LogP contribution in [0.25, 0.3) is 0 Å². The maximum absolute atomic E-state index is 11.4. The molecule has 0 aliphatic carbocycles. The van der Waals surface area contributed by atoms with Gasteiger partial charge in [-0.1, -0.05) is 38.1 Å². The molecule has 100 valence electrons. The van der Waals surface area contributed by atoms with Crippen LogP contribution in [0.2, 0.25) is 0 Å². The molecule has 0 aromatic heterocycles. The fourth-order valence-electron chi connectivity index (χ4n) is 1.42. The van der Waals surface area contributed by atoms with Gasteiger partial charge >= 0.3 is 6.03 Å². The average molecular weight is 258 g/mol. The Morgan fingerprint density at radius 3 is 2.63 bits per heavy atom. The molecule has 0 radical (unpaired) electrons. The normalized spacial score (nSPS) is 11.8. The van der Waals surface area contributed by atoms with Crippen molar-refractivity contribution in [1.82, 2.24) is 10.7 Å². The van der Waals surface area contributed by atoms with Crippen LogP contribution in [0.5, 0.6) is 0 Å². The number of hydrazone groups is 1. The molecule has 0 saturated heterocycles. The summed E-state index contributed by atoms with van der Waals surface area (Å²) in [5.41, 5.74) is 4.49. The highest BCUT2D eigenvalue weighted by molar-refractivity contribution is 5.82. The van der Waals surface area contributed by atoms with E-state index in [4.69, 9.17) is 5.26 Å². The van der Waals surface area contributed by atoms with Crippen molar-refractivity contribution in [2.24, 2.45) is 5.10 Å². The van der Waals surface area contributed by atoms with Gasteiger partial charge in [0.1, 0.15) is 6.04 Å². The first-order chi connectivity index (χ1) is 9.19. The highest BCUT2D eigenvalue weighted by Crippen LogP contribution is 2.02. The molecule has 19 heavy (non-hydrogen) atoms. The van der Waals surface area contributed by atoms with Crippen LogP contribution in [0, 0.1) is 11.3 Å². The molecule has 1 aromatic carbocycles. The van der Waals surface area contributed by atoms with Gasteiger partial charge in [-0.15, -0.1) is 0 Å². The Hall–Kier alpha value is -2.35. The second-order valence-corrected chi connectivity index (χ2v) is 4.03. The lowest BCUT2D eigenvalue weighted by molar-refractivity contribution is 0.239. The summed E-state index contributed by atoms with van der Waals surface area (Å²) >= 11 is 0. The second-order valence-electron chi connectivity index (χ2n) is 4.03. The summed E-state index contributed by atoms with van der Waals surface area (Å²) in [7, 11) is 0. The fourth-order valence-corrected chi connectivity index (χ4v) is 1.42. The van der Waals surface area contributed by atoms with Crippen molar-refractivity contribution in [3.05, 3.63) is 35.4 Å². The van der Waals surface area contributed by atoms with Crippen molar-refractivity contribution in [3.63, 3.8) is 0 Å². The lowest BCUT2D eigenvalue weighted by Crippen LogP contribution is -2.39. The van der Waals surface area contributed by atoms with Crippen LogP contribution >= 0.6 is 0 Å². The summed E-state index contributed by atoms with van der Waals surface area (Å²) in [6.45, 7) is 3.92. The van der Waals surface area contributed by atoms with Crippen LogP contribution in [-0.2, 0) is 6.42 Å². The number of benzene rings is 1. The maximum Gasteiger partial charge on any atom is 0.336 e. The van der Waals surface area contributed by atoms with Crippen LogP contribution in [0.15, 0.2) is 29.4 Å². The Bertz CT molecular complexity index is 473. The summed E-state index contributed by atoms with van der Waals surface area (Å²) in [6.07, 6.45) is 3.11. The topological polar surface area (TPSA) is 77.3 Å². The number of amides is 2. The van der Waals surface area contributed by atoms with Crippen molar-refractivity contribution in [2.75, 3.05) is 0 Å². The van der Waals surface area contributed by atoms with Crippen LogP contribution < -0.4 is 10.7 Å². The van der Waals surface area contributed by atoms with Gasteiger partial charge in [0.05, 0.1) is 12.3 Å². The third kappa shape index (κ3) is 5.21. The Labute approximate surface area is 113 Å². The second kappa shape index (κ2) is 7.88. The molecule has 1 unspecified atom stereocenters. The van der Waals surface area contributed by atoms with E-state index in [0.717, 1.165) is 12.0 Å². The summed E-state index contributed by atoms with van der Waals surface area (Å²) in [5, 5.41) is 15.0. The predicted molar refractivity (Wildman–Crippen MR) is 74.8 cm³/mol. The van der Waals surface area contributed by atoms with Crippen LogP contribution in [0.3, 0.4) is 0 Å². The lowest BCUT2D eigenvalue weighted by Gasteiger charge is -2.07. The van der Waals surface area contributed by atoms with E-state index in [9.17, 15) is 4.79 Å². The Morgan fingerprint density at radius 1 is 1.42 bits per heavy atom. The molecule has 0 aliphatic rings. The summed E-state index contributed by atoms with van der Waals surface area (Å²) in [6, 6.07) is 8.92. The maximum atomic E-state index is 11.4. The minimum atomic E-state index is -0.487. The average Bonchev–Trinajstić information content (AvgIpc) is 2.45. The minimum Gasteiger partial charge on any atom is -0.321 e. The van der Waals surface area contributed by atoms with Crippen molar-refractivity contribution in [3.8, 4) is 6.07 Å². The van der Waals surface area contributed by atoms with E-state index >= 15 is 0 Å². The van der Waals surface area contributed by atoms with Gasteiger partial charge in [-0.2, -0.15) is 10.4 Å². The Balaban J connectivity index is 2.44. The van der Waals surface area contributed by atoms with Crippen LogP contribution in [0.4, 0.5) is 4.79 Å². The molecule has 1 aromatic rings. The highest BCUT2D eigenvalue weighted by Gasteiger charge is 2.06. The molecule has 0 spiro atoms. The third-order valence-electron chi connectivity index (χ3n) is 2.64. The van der Waals surface area contributed by atoms with E-state index in [1.165, 1.54) is 5.56 Å². The van der Waals surface area contributed by atoms with E-state index in [-0.39, 0.29) is 0 Å². The molecule has 0 aliphatic heterocycles. The van der Waals surface area contributed by atoms with Gasteiger partial charge in [-0.3, -0.25) is 0 Å². The highest BCUT2D eigenvalue weighted by atomic mass is 16.2. The number of rotatable bonds is 5. The van der Waals surface area contributed by atoms with Gasteiger partial charge in [0, 0.05) is 0 Å². The van der Waals surface area contributed by atoms with Crippen LogP contribution in [-0.4, -0.2) is 18.3 Å². The molecular formula is C14H18N4O. The molecule has 0 bridgehead atoms. The van der Waals surface area contributed by atoms with Gasteiger partial charge in [0.2, 0.25) is 0 Å². The summed E-state index contributed by atoms with van der Waals surface area (Å²) in [5.74, 6) is 0. The molecule has 5 nitrogen and oxygen atoms in total. The predicted octanol–water partition coefficient (Wildman–Crippen LogP) is 2.18. The number of carbonyl (C=O) groups is 1. The number of nitriles is 1. The first kappa shape index (κ1) is 14.7. The number of nitrogens with zero attached hydrogens (tertiary/aromatic N) is 2. The van der Waals surface area contributed by atoms with E-state index in [1.807, 2.05) is 37.3 Å². The van der Waals surface area contributed by atoms with Crippen LogP contribution in [0.1, 0.15) is 31.4 Å². The Morgan fingerprint density at radius 2 is 2.11 bits per heavy atom. The molecule has 5 heteroatoms. The number of nitrogens with one attached hydrogen (secondary N) is 2. The molecule has 1 atom stereocenters. The van der Waals surface area contributed by atoms with E-state index in [2.05, 4.69) is 22.8 Å². The van der Waals surface area contributed by atoms with Gasteiger partial charge < -0.3 is 5.32 Å². The summed E-state index contributed by atoms with van der Waals surface area (Å²) < 4.78 is 0. The zero-order valence-electron chi connectivity index (χ0n) is 11.2. The van der Waals surface area contributed by atoms with Crippen molar-refractivity contribution in [2.45, 2.75) is 32.7 Å². The number of hydrogen-bond acceptors (Lipinski definition) is 3. The largest absolute Gasteiger partial charge is 0.336 e.